The van der Waals surface area contributed by atoms with Crippen molar-refractivity contribution < 1.29 is 20.4 Å². The summed E-state index contributed by atoms with van der Waals surface area (Å²) in [7, 11) is 0. The number of hydrogen-bond donors (Lipinski definition) is 4. The highest BCUT2D eigenvalue weighted by Gasteiger charge is 2.49. The molecule has 5 rings (SSSR count). The lowest BCUT2D eigenvalue weighted by Gasteiger charge is -2.36. The first kappa shape index (κ1) is 34.8. The van der Waals surface area contributed by atoms with Crippen molar-refractivity contribution in [3.8, 4) is 57.4 Å². The Hall–Kier alpha value is -2.50. The van der Waals surface area contributed by atoms with Crippen molar-refractivity contribution in [1.82, 2.24) is 0 Å². The lowest BCUT2D eigenvalue weighted by Crippen LogP contribution is -2.41. The molecule has 0 saturated heterocycles. The fraction of sp³-hybridized carbons (Fsp3) is 0.111. The second kappa shape index (κ2) is 14.3. The van der Waals surface area contributed by atoms with Crippen LogP contribution in [-0.4, -0.2) is 31.6 Å². The molecule has 4 aromatic carbocycles. The Morgan fingerprint density at radius 2 is 0.870 bits per heavy atom. The molecule has 0 saturated carbocycles. The van der Waals surface area contributed by atoms with E-state index >= 15 is 0 Å². The van der Waals surface area contributed by atoms with E-state index in [1.165, 1.54) is 0 Å². The first-order chi connectivity index (χ1) is 21.9. The molecule has 0 heterocycles. The molecule has 0 amide bonds. The van der Waals surface area contributed by atoms with Gasteiger partial charge in [0, 0.05) is 45.1 Å². The third-order valence-electron chi connectivity index (χ3n) is 7.30. The zero-order valence-electron chi connectivity index (χ0n) is 23.6. The Kier molecular flexibility index (Phi) is 10.8. The van der Waals surface area contributed by atoms with E-state index in [0.717, 1.165) is 0 Å². The van der Waals surface area contributed by atoms with E-state index in [0.29, 0.717) is 43.4 Å². The van der Waals surface area contributed by atoms with Crippen LogP contribution in [0.4, 0.5) is 0 Å². The molecule has 0 aliphatic heterocycles. The highest BCUT2D eigenvalue weighted by Crippen LogP contribution is 2.52. The van der Waals surface area contributed by atoms with Gasteiger partial charge in [-0.25, -0.2) is 0 Å². The third-order valence-corrected chi connectivity index (χ3v) is 12.9. The first-order valence-corrected chi connectivity index (χ1v) is 17.5. The summed E-state index contributed by atoms with van der Waals surface area (Å²) in [5.74, 6) is 12.0. The van der Waals surface area contributed by atoms with Crippen LogP contribution in [0, 0.1) is 23.7 Å². The molecule has 1 aliphatic carbocycles. The van der Waals surface area contributed by atoms with Crippen LogP contribution in [0.25, 0.3) is 22.3 Å². The standard InChI is InChI=1S/C36H22Br4Cl2O4/c37-31-33(39)36(46,20-8-12-22-10-6-18-28(44)30(22)24-14-2-4-16-26(24)42)34(40)32(38)35(31,45)19-7-11-21-9-5-17-27(43)29(21)23-13-1-3-15-25(23)41/h1-6,9-10,13-18,43-46H,11-12H2. The van der Waals surface area contributed by atoms with Crippen molar-refractivity contribution >= 4 is 86.9 Å². The maximum atomic E-state index is 11.8. The van der Waals surface area contributed by atoms with E-state index < -0.39 is 11.2 Å². The number of halogens is 6. The molecule has 10 heteroatoms. The number of phenolic OH excluding ortho intramolecular Hbond substituents is 2. The molecule has 4 N–H and O–H groups in total. The summed E-state index contributed by atoms with van der Waals surface area (Å²) >= 11 is 26.6. The maximum Gasteiger partial charge on any atom is 0.191 e. The van der Waals surface area contributed by atoms with Gasteiger partial charge in [-0.2, -0.15) is 0 Å². The van der Waals surface area contributed by atoms with Crippen molar-refractivity contribution in [2.75, 3.05) is 0 Å². The summed E-state index contributed by atoms with van der Waals surface area (Å²) in [5.41, 5.74) is 0.100. The highest BCUT2D eigenvalue weighted by molar-refractivity contribution is 9.15. The lowest BCUT2D eigenvalue weighted by atomic mass is 9.89. The molecule has 1 aliphatic rings. The second-order valence-corrected chi connectivity index (χ2v) is 14.2. The van der Waals surface area contributed by atoms with Gasteiger partial charge in [0.15, 0.2) is 11.2 Å². The Morgan fingerprint density at radius 3 is 1.22 bits per heavy atom. The lowest BCUT2D eigenvalue weighted by molar-refractivity contribution is 0.160. The van der Waals surface area contributed by atoms with Gasteiger partial charge in [-0.15, -0.1) is 0 Å². The van der Waals surface area contributed by atoms with Gasteiger partial charge in [-0.3, -0.25) is 0 Å². The van der Waals surface area contributed by atoms with E-state index in [2.05, 4.69) is 87.4 Å². The number of aliphatic hydroxyl groups is 2. The quantitative estimate of drug-likeness (QED) is 0.154. The average Bonchev–Trinajstić information content (AvgIpc) is 3.04. The van der Waals surface area contributed by atoms with E-state index in [1.54, 1.807) is 36.4 Å². The number of hydrogen-bond acceptors (Lipinski definition) is 4. The molecule has 4 nitrogen and oxygen atoms in total. The zero-order chi connectivity index (χ0) is 33.2. The molecular formula is C36H22Br4Cl2O4. The molecule has 232 valence electrons. The smallest absolute Gasteiger partial charge is 0.191 e. The van der Waals surface area contributed by atoms with Crippen LogP contribution in [0.15, 0.2) is 103 Å². The van der Waals surface area contributed by atoms with Gasteiger partial charge < -0.3 is 20.4 Å². The molecule has 0 radical (unpaired) electrons. The van der Waals surface area contributed by atoms with Crippen molar-refractivity contribution in [1.29, 1.82) is 0 Å². The number of aromatic hydroxyl groups is 2. The minimum atomic E-state index is -1.88. The Labute approximate surface area is 310 Å². The van der Waals surface area contributed by atoms with Crippen molar-refractivity contribution in [3.05, 3.63) is 124 Å². The molecule has 0 fully saturated rings. The molecule has 0 spiro atoms. The molecule has 0 unspecified atom stereocenters. The molecule has 0 bridgehead atoms. The summed E-state index contributed by atoms with van der Waals surface area (Å²) in [4.78, 5) is 0. The van der Waals surface area contributed by atoms with E-state index in [-0.39, 0.29) is 42.3 Å². The van der Waals surface area contributed by atoms with Gasteiger partial charge in [-0.05, 0) is 99.1 Å². The summed E-state index contributed by atoms with van der Waals surface area (Å²) in [6.45, 7) is 0. The summed E-state index contributed by atoms with van der Waals surface area (Å²) < 4.78 is 0.595. The highest BCUT2D eigenvalue weighted by atomic mass is 79.9. The first-order valence-electron chi connectivity index (χ1n) is 13.6. The normalized spacial score (nSPS) is 19.3. The van der Waals surface area contributed by atoms with Gasteiger partial charge >= 0.3 is 0 Å². The van der Waals surface area contributed by atoms with Crippen LogP contribution in [0.1, 0.15) is 11.1 Å². The number of rotatable bonds is 4. The van der Waals surface area contributed by atoms with Crippen molar-refractivity contribution in [3.63, 3.8) is 0 Å². The minimum Gasteiger partial charge on any atom is -0.507 e. The molecule has 46 heavy (non-hydrogen) atoms. The molecule has 4 aromatic rings. The van der Waals surface area contributed by atoms with Crippen LogP contribution in [0.2, 0.25) is 10.0 Å². The molecule has 0 atom stereocenters. The fourth-order valence-electron chi connectivity index (χ4n) is 5.00. The van der Waals surface area contributed by atoms with E-state index in [4.69, 9.17) is 23.2 Å². The summed E-state index contributed by atoms with van der Waals surface area (Å²) in [6, 6.07) is 24.7. The van der Waals surface area contributed by atoms with Crippen LogP contribution < -0.4 is 0 Å². The monoisotopic (exact) mass is 904 g/mol. The van der Waals surface area contributed by atoms with E-state index in [1.807, 2.05) is 48.5 Å². The third kappa shape index (κ3) is 6.61. The fourth-order valence-corrected chi connectivity index (χ4v) is 8.33. The zero-order valence-corrected chi connectivity index (χ0v) is 31.4. The van der Waals surface area contributed by atoms with Crippen LogP contribution in [-0.2, 0) is 12.8 Å². The summed E-state index contributed by atoms with van der Waals surface area (Å²) in [5, 5.41) is 45.8. The van der Waals surface area contributed by atoms with Gasteiger partial charge in [0.1, 0.15) is 11.5 Å². The largest absolute Gasteiger partial charge is 0.507 e. The number of phenols is 2. The summed E-state index contributed by atoms with van der Waals surface area (Å²) in [6.07, 6.45) is 0.351. The topological polar surface area (TPSA) is 80.9 Å². The maximum absolute atomic E-state index is 11.8. The van der Waals surface area contributed by atoms with Gasteiger partial charge in [0.2, 0.25) is 0 Å². The molecular weight excluding hydrogens is 887 g/mol. The molecule has 0 aromatic heterocycles. The van der Waals surface area contributed by atoms with Crippen molar-refractivity contribution in [2.45, 2.75) is 24.0 Å². The minimum absolute atomic E-state index is 0.0600. The predicted octanol–water partition coefficient (Wildman–Crippen LogP) is 10.0. The SMILES string of the molecule is Oc1cccc(CC#CC2(O)C(Br)=C(Br)C(O)(C#CCc3cccc(O)c3-c3ccccc3Cl)C(Br)=C2Br)c1-c1ccccc1Cl. The Morgan fingerprint density at radius 1 is 0.522 bits per heavy atom. The van der Waals surface area contributed by atoms with Crippen molar-refractivity contribution in [2.24, 2.45) is 0 Å². The van der Waals surface area contributed by atoms with Gasteiger partial charge in [0.25, 0.3) is 0 Å². The average molecular weight is 909 g/mol. The second-order valence-electron chi connectivity index (χ2n) is 10.2. The van der Waals surface area contributed by atoms with Crippen LogP contribution in [0.5, 0.6) is 11.5 Å². The Balaban J connectivity index is 1.46. The van der Waals surface area contributed by atoms with Gasteiger partial charge in [-0.1, -0.05) is 108 Å². The Bertz CT molecular complexity index is 1880. The predicted molar refractivity (Wildman–Crippen MR) is 200 cm³/mol. The van der Waals surface area contributed by atoms with Gasteiger partial charge in [0.05, 0.1) is 17.9 Å². The van der Waals surface area contributed by atoms with Crippen LogP contribution in [0.3, 0.4) is 0 Å². The van der Waals surface area contributed by atoms with E-state index in [9.17, 15) is 20.4 Å². The number of benzene rings is 4. The van der Waals surface area contributed by atoms with Crippen LogP contribution >= 0.6 is 86.9 Å².